The van der Waals surface area contributed by atoms with Crippen molar-refractivity contribution in [2.75, 3.05) is 0 Å². The fraction of sp³-hybridized carbons (Fsp3) is 0.500. The van der Waals surface area contributed by atoms with Crippen molar-refractivity contribution in [3.63, 3.8) is 0 Å². The maximum Gasteiger partial charge on any atom is 0.275 e. The van der Waals surface area contributed by atoms with Gasteiger partial charge in [-0.25, -0.2) is 4.39 Å². The first-order valence-corrected chi connectivity index (χ1v) is 15.0. The number of nitrogens with zero attached hydrogens (tertiary/aromatic N) is 5. The number of halogens is 1. The number of amides is 2. The average molecular weight is 574 g/mol. The lowest BCUT2D eigenvalue weighted by atomic mass is 9.67. The van der Waals surface area contributed by atoms with E-state index in [1.54, 1.807) is 24.3 Å². The smallest absolute Gasteiger partial charge is 0.275 e. The maximum absolute atomic E-state index is 14.3. The lowest BCUT2D eigenvalue weighted by Crippen LogP contribution is -2.51. The number of aliphatic imine (C=N–C) groups is 1. The van der Waals surface area contributed by atoms with Crippen LogP contribution in [-0.4, -0.2) is 48.7 Å². The van der Waals surface area contributed by atoms with Gasteiger partial charge in [0.15, 0.2) is 5.82 Å². The fourth-order valence-electron chi connectivity index (χ4n) is 6.47. The molecule has 1 fully saturated rings. The van der Waals surface area contributed by atoms with E-state index in [1.807, 2.05) is 17.0 Å². The molecule has 2 aliphatic rings. The fourth-order valence-corrected chi connectivity index (χ4v) is 6.47. The number of rotatable bonds is 10. The first-order chi connectivity index (χ1) is 20.2. The normalized spacial score (nSPS) is 21.5. The largest absolute Gasteiger partial charge is 0.345 e. The lowest BCUT2D eigenvalue weighted by molar-refractivity contribution is -0.133. The highest BCUT2D eigenvalue weighted by atomic mass is 19.1. The molecule has 2 aromatic carbocycles. The molecule has 3 aromatic rings. The molecule has 1 unspecified atom stereocenters. The molecule has 2 heterocycles. The Morgan fingerprint density at radius 1 is 1.17 bits per heavy atom. The zero-order valence-corrected chi connectivity index (χ0v) is 24.9. The van der Waals surface area contributed by atoms with Crippen LogP contribution >= 0.6 is 0 Å². The van der Waals surface area contributed by atoms with E-state index < -0.39 is 5.66 Å². The summed E-state index contributed by atoms with van der Waals surface area (Å²) in [6.07, 6.45) is 6.18. The van der Waals surface area contributed by atoms with E-state index in [2.05, 4.69) is 53.6 Å². The lowest BCUT2D eigenvalue weighted by Gasteiger charge is -2.48. The third-order valence-corrected chi connectivity index (χ3v) is 9.32. The van der Waals surface area contributed by atoms with Crippen LogP contribution in [0.25, 0.3) is 0 Å². The second-order valence-electron chi connectivity index (χ2n) is 12.2. The van der Waals surface area contributed by atoms with Crippen molar-refractivity contribution < 1.29 is 14.0 Å². The number of hydrogen-bond acceptors (Lipinski definition) is 6. The minimum Gasteiger partial charge on any atom is -0.345 e. The van der Waals surface area contributed by atoms with Crippen LogP contribution in [0.2, 0.25) is 0 Å². The number of H-pyrrole nitrogens is 1. The first kappa shape index (κ1) is 29.5. The predicted octanol–water partition coefficient (Wildman–Crippen LogP) is 5.76. The molecule has 222 valence electrons. The number of benzene rings is 2. The van der Waals surface area contributed by atoms with Gasteiger partial charge in [-0.2, -0.15) is 5.21 Å². The minimum atomic E-state index is -0.681. The van der Waals surface area contributed by atoms with Crippen LogP contribution in [0.1, 0.15) is 106 Å². The highest BCUT2D eigenvalue weighted by Gasteiger charge is 2.52. The molecule has 0 bridgehead atoms. The van der Waals surface area contributed by atoms with Crippen molar-refractivity contribution >= 4 is 17.5 Å². The number of carbonyl (C=O) groups is 2. The van der Waals surface area contributed by atoms with Gasteiger partial charge in [-0.05, 0) is 73.3 Å². The Morgan fingerprint density at radius 3 is 2.52 bits per heavy atom. The van der Waals surface area contributed by atoms with Crippen molar-refractivity contribution in [1.82, 2.24) is 30.8 Å². The Kier molecular flexibility index (Phi) is 8.52. The standard InChI is InChI=1S/C32H40FN7O2/c1-5-8-26(21-11-13-22(14-12-21)29(41)34-20-27-36-38-39-37-27)40-30(42)28(23-9-7-10-25(33)19-23)35-32(40)17-15-24(16-18-32)31(3,4)6-2/h7,9-14,19,24,26H,5-6,8,15-18,20H2,1-4H3,(H,34,41)(H,36,37,38,39). The molecular formula is C32H40FN7O2. The Morgan fingerprint density at radius 2 is 1.90 bits per heavy atom. The summed E-state index contributed by atoms with van der Waals surface area (Å²) in [4.78, 5) is 34.2. The van der Waals surface area contributed by atoms with Gasteiger partial charge in [-0.1, -0.05) is 70.0 Å². The Labute approximate surface area is 246 Å². The van der Waals surface area contributed by atoms with Crippen LogP contribution in [0.4, 0.5) is 4.39 Å². The SMILES string of the molecule is CCCC(c1ccc(C(=O)NCc2nn[nH]n2)cc1)N1C(=O)C(c2cccc(F)c2)=NC12CCC(C(C)(C)CC)CC2. The number of nitrogens with one attached hydrogen (secondary N) is 2. The summed E-state index contributed by atoms with van der Waals surface area (Å²) >= 11 is 0. The summed E-state index contributed by atoms with van der Waals surface area (Å²) in [6, 6.07) is 13.4. The van der Waals surface area contributed by atoms with Crippen molar-refractivity contribution in [2.24, 2.45) is 16.3 Å². The minimum absolute atomic E-state index is 0.158. The van der Waals surface area contributed by atoms with Gasteiger partial charge in [-0.3, -0.25) is 14.6 Å². The van der Waals surface area contributed by atoms with E-state index in [9.17, 15) is 14.0 Å². The number of tetrazole rings is 1. The summed E-state index contributed by atoms with van der Waals surface area (Å²) in [6.45, 7) is 9.16. The highest BCUT2D eigenvalue weighted by molar-refractivity contribution is 6.46. The van der Waals surface area contributed by atoms with Gasteiger partial charge >= 0.3 is 0 Å². The van der Waals surface area contributed by atoms with E-state index in [4.69, 9.17) is 4.99 Å². The van der Waals surface area contributed by atoms with Gasteiger partial charge in [0.2, 0.25) is 0 Å². The van der Waals surface area contributed by atoms with Crippen LogP contribution < -0.4 is 5.32 Å². The molecule has 0 saturated heterocycles. The highest BCUT2D eigenvalue weighted by Crippen LogP contribution is 2.50. The zero-order valence-electron chi connectivity index (χ0n) is 24.9. The Bertz CT molecular complexity index is 1430. The molecule has 5 rings (SSSR count). The molecule has 10 heteroatoms. The average Bonchev–Trinajstić information content (AvgIpc) is 3.61. The molecule has 1 aliphatic carbocycles. The molecule has 2 amide bonds. The Balaban J connectivity index is 1.45. The van der Waals surface area contributed by atoms with Crippen molar-refractivity contribution in [3.8, 4) is 0 Å². The molecule has 1 spiro atoms. The molecule has 1 atom stereocenters. The molecule has 0 radical (unpaired) electrons. The van der Waals surface area contributed by atoms with Gasteiger partial charge in [-0.15, -0.1) is 10.2 Å². The molecule has 2 N–H and O–H groups in total. The van der Waals surface area contributed by atoms with E-state index in [1.165, 1.54) is 12.1 Å². The number of hydrogen-bond donors (Lipinski definition) is 2. The number of carbonyl (C=O) groups excluding carboxylic acids is 2. The van der Waals surface area contributed by atoms with Crippen molar-refractivity contribution in [3.05, 3.63) is 76.9 Å². The van der Waals surface area contributed by atoms with E-state index in [0.717, 1.165) is 50.5 Å². The van der Waals surface area contributed by atoms with E-state index in [-0.39, 0.29) is 35.6 Å². The summed E-state index contributed by atoms with van der Waals surface area (Å²) < 4.78 is 14.3. The Hall–Kier alpha value is -3.95. The number of aromatic amines is 1. The molecule has 42 heavy (non-hydrogen) atoms. The third-order valence-electron chi connectivity index (χ3n) is 9.32. The second-order valence-corrected chi connectivity index (χ2v) is 12.2. The van der Waals surface area contributed by atoms with Crippen LogP contribution in [-0.2, 0) is 11.3 Å². The molecule has 1 aromatic heterocycles. The third kappa shape index (κ3) is 5.84. The van der Waals surface area contributed by atoms with Crippen LogP contribution in [0.5, 0.6) is 0 Å². The zero-order chi connectivity index (χ0) is 29.9. The van der Waals surface area contributed by atoms with Gasteiger partial charge in [0.05, 0.1) is 12.6 Å². The number of aromatic nitrogens is 4. The van der Waals surface area contributed by atoms with Crippen molar-refractivity contribution in [1.29, 1.82) is 0 Å². The molecular weight excluding hydrogens is 533 g/mol. The van der Waals surface area contributed by atoms with Crippen molar-refractivity contribution in [2.45, 2.75) is 90.9 Å². The molecule has 1 saturated carbocycles. The maximum atomic E-state index is 14.3. The van der Waals surface area contributed by atoms with Gasteiger partial charge in [0, 0.05) is 11.1 Å². The second kappa shape index (κ2) is 12.1. The summed E-state index contributed by atoms with van der Waals surface area (Å²) in [5.41, 5.74) is 1.83. The molecule has 9 nitrogen and oxygen atoms in total. The van der Waals surface area contributed by atoms with Gasteiger partial charge < -0.3 is 10.2 Å². The first-order valence-electron chi connectivity index (χ1n) is 15.0. The predicted molar refractivity (Wildman–Crippen MR) is 158 cm³/mol. The van der Waals surface area contributed by atoms with E-state index in [0.29, 0.717) is 28.6 Å². The quantitative estimate of drug-likeness (QED) is 0.320. The topological polar surface area (TPSA) is 116 Å². The monoisotopic (exact) mass is 573 g/mol. The van der Waals surface area contributed by atoms with Gasteiger partial charge in [0.25, 0.3) is 11.8 Å². The van der Waals surface area contributed by atoms with Crippen LogP contribution in [0.15, 0.2) is 53.5 Å². The molecule has 1 aliphatic heterocycles. The van der Waals surface area contributed by atoms with Crippen LogP contribution in [0, 0.1) is 17.2 Å². The summed E-state index contributed by atoms with van der Waals surface area (Å²) in [7, 11) is 0. The van der Waals surface area contributed by atoms with Crippen LogP contribution in [0.3, 0.4) is 0 Å². The van der Waals surface area contributed by atoms with E-state index >= 15 is 0 Å². The van der Waals surface area contributed by atoms with Gasteiger partial charge in [0.1, 0.15) is 17.2 Å². The summed E-state index contributed by atoms with van der Waals surface area (Å²) in [5.74, 6) is 0.150. The summed E-state index contributed by atoms with van der Waals surface area (Å²) in [5, 5.41) is 16.4.